The van der Waals surface area contributed by atoms with Crippen molar-refractivity contribution >= 4 is 0 Å². The van der Waals surface area contributed by atoms with Crippen LogP contribution in [-0.2, 0) is 11.3 Å². The molecule has 0 saturated carbocycles. The minimum atomic E-state index is -0.495. The fraction of sp³-hybridized carbons (Fsp3) is 0.625. The summed E-state index contributed by atoms with van der Waals surface area (Å²) in [4.78, 5) is 2.17. The van der Waals surface area contributed by atoms with Gasteiger partial charge in [-0.05, 0) is 30.5 Å². The van der Waals surface area contributed by atoms with Crippen LogP contribution in [0.5, 0.6) is 5.75 Å². The minimum absolute atomic E-state index is 0.178. The third-order valence-electron chi connectivity index (χ3n) is 3.74. The summed E-state index contributed by atoms with van der Waals surface area (Å²) >= 11 is 0. The summed E-state index contributed by atoms with van der Waals surface area (Å²) in [5.41, 5.74) is 1.03. The smallest absolute Gasteiger partial charge is 0.119 e. The van der Waals surface area contributed by atoms with Crippen LogP contribution in [0.3, 0.4) is 0 Å². The number of benzene rings is 1. The van der Waals surface area contributed by atoms with Crippen LogP contribution in [0.4, 0.5) is 0 Å². The van der Waals surface area contributed by atoms with Gasteiger partial charge in [-0.2, -0.15) is 0 Å². The second-order valence-electron chi connectivity index (χ2n) is 5.55. The lowest BCUT2D eigenvalue weighted by Crippen LogP contribution is -2.41. The van der Waals surface area contributed by atoms with Crippen LogP contribution < -0.4 is 4.74 Å². The molecule has 1 saturated heterocycles. The van der Waals surface area contributed by atoms with E-state index in [9.17, 15) is 10.2 Å². The maximum absolute atomic E-state index is 9.99. The average molecular weight is 295 g/mol. The lowest BCUT2D eigenvalue weighted by molar-refractivity contribution is -0.00246. The number of rotatable bonds is 7. The highest BCUT2D eigenvalue weighted by molar-refractivity contribution is 5.27. The lowest BCUT2D eigenvalue weighted by atomic mass is 10.1. The van der Waals surface area contributed by atoms with E-state index in [0.717, 1.165) is 37.2 Å². The van der Waals surface area contributed by atoms with Crippen molar-refractivity contribution in [2.75, 3.05) is 33.4 Å². The predicted molar refractivity (Wildman–Crippen MR) is 80.3 cm³/mol. The van der Waals surface area contributed by atoms with E-state index in [1.54, 1.807) is 7.11 Å². The predicted octanol–water partition coefficient (Wildman–Crippen LogP) is 1.03. The zero-order valence-electron chi connectivity index (χ0n) is 12.6. The molecule has 0 spiro atoms. The van der Waals surface area contributed by atoms with Crippen molar-refractivity contribution < 1.29 is 19.7 Å². The van der Waals surface area contributed by atoms with E-state index >= 15 is 0 Å². The van der Waals surface area contributed by atoms with Gasteiger partial charge < -0.3 is 24.6 Å². The van der Waals surface area contributed by atoms with Crippen LogP contribution in [0.1, 0.15) is 18.4 Å². The maximum Gasteiger partial charge on any atom is 0.119 e. The first kappa shape index (κ1) is 16.2. The standard InChI is InChI=1S/C16H25NO4/c1-20-16-4-2-3-13(9-16)11-21-12-15(19)10-17-7-5-14(18)6-8-17/h2-4,9,14-15,18-19H,5-8,10-12H2,1H3. The van der Waals surface area contributed by atoms with Crippen molar-refractivity contribution in [2.45, 2.75) is 31.7 Å². The Hall–Kier alpha value is -1.14. The van der Waals surface area contributed by atoms with Gasteiger partial charge in [0, 0.05) is 19.6 Å². The van der Waals surface area contributed by atoms with Crippen LogP contribution in [0.15, 0.2) is 24.3 Å². The topological polar surface area (TPSA) is 62.2 Å². The molecule has 1 aromatic rings. The Bertz CT molecular complexity index is 418. The van der Waals surface area contributed by atoms with Gasteiger partial charge in [-0.1, -0.05) is 12.1 Å². The molecular formula is C16H25NO4. The van der Waals surface area contributed by atoms with Crippen molar-refractivity contribution in [3.63, 3.8) is 0 Å². The SMILES string of the molecule is COc1cccc(COCC(O)CN2CCC(O)CC2)c1. The Morgan fingerprint density at radius 1 is 1.33 bits per heavy atom. The molecule has 2 rings (SSSR count). The van der Waals surface area contributed by atoms with Crippen LogP contribution >= 0.6 is 0 Å². The number of piperidine rings is 1. The molecule has 1 unspecified atom stereocenters. The third-order valence-corrected chi connectivity index (χ3v) is 3.74. The fourth-order valence-electron chi connectivity index (χ4n) is 2.53. The van der Waals surface area contributed by atoms with Crippen LogP contribution in [0, 0.1) is 0 Å². The second kappa shape index (κ2) is 8.34. The van der Waals surface area contributed by atoms with E-state index in [2.05, 4.69) is 4.90 Å². The Morgan fingerprint density at radius 2 is 2.10 bits per heavy atom. The van der Waals surface area contributed by atoms with Gasteiger partial charge in [-0.3, -0.25) is 0 Å². The highest BCUT2D eigenvalue weighted by Gasteiger charge is 2.19. The molecule has 0 aromatic heterocycles. The van der Waals surface area contributed by atoms with E-state index in [1.165, 1.54) is 0 Å². The quantitative estimate of drug-likeness (QED) is 0.787. The molecule has 1 atom stereocenters. The molecule has 1 aromatic carbocycles. The Balaban J connectivity index is 1.65. The molecule has 21 heavy (non-hydrogen) atoms. The maximum atomic E-state index is 9.99. The first-order valence-electron chi connectivity index (χ1n) is 7.46. The molecule has 1 aliphatic rings. The number of nitrogens with zero attached hydrogens (tertiary/aromatic N) is 1. The molecule has 5 heteroatoms. The van der Waals surface area contributed by atoms with Crippen molar-refractivity contribution in [3.05, 3.63) is 29.8 Å². The lowest BCUT2D eigenvalue weighted by Gasteiger charge is -2.30. The summed E-state index contributed by atoms with van der Waals surface area (Å²) in [7, 11) is 1.64. The van der Waals surface area contributed by atoms with Crippen molar-refractivity contribution in [1.82, 2.24) is 4.90 Å². The number of aliphatic hydroxyl groups excluding tert-OH is 2. The summed E-state index contributed by atoms with van der Waals surface area (Å²) in [6.45, 7) is 3.07. The van der Waals surface area contributed by atoms with Crippen LogP contribution in [-0.4, -0.2) is 60.7 Å². The molecule has 0 bridgehead atoms. The third kappa shape index (κ3) is 5.63. The van der Waals surface area contributed by atoms with Gasteiger partial charge >= 0.3 is 0 Å². The molecule has 0 amide bonds. The van der Waals surface area contributed by atoms with Gasteiger partial charge in [0.15, 0.2) is 0 Å². The van der Waals surface area contributed by atoms with E-state index < -0.39 is 6.10 Å². The number of methoxy groups -OCH3 is 1. The first-order chi connectivity index (χ1) is 10.2. The highest BCUT2D eigenvalue weighted by atomic mass is 16.5. The van der Waals surface area contributed by atoms with Crippen molar-refractivity contribution in [2.24, 2.45) is 0 Å². The fourth-order valence-corrected chi connectivity index (χ4v) is 2.53. The normalized spacial score (nSPS) is 18.6. The van der Waals surface area contributed by atoms with Gasteiger partial charge in [0.05, 0.1) is 32.5 Å². The number of aliphatic hydroxyl groups is 2. The van der Waals surface area contributed by atoms with Crippen LogP contribution in [0.25, 0.3) is 0 Å². The Morgan fingerprint density at radius 3 is 2.81 bits per heavy atom. The highest BCUT2D eigenvalue weighted by Crippen LogP contribution is 2.14. The average Bonchev–Trinajstić information content (AvgIpc) is 2.50. The number of likely N-dealkylation sites (tertiary alicyclic amines) is 1. The monoisotopic (exact) mass is 295 g/mol. The molecule has 1 heterocycles. The van der Waals surface area contributed by atoms with E-state index in [0.29, 0.717) is 19.8 Å². The Labute approximate surface area is 126 Å². The summed E-state index contributed by atoms with van der Waals surface area (Å²) in [5.74, 6) is 0.809. The molecule has 1 aliphatic heterocycles. The summed E-state index contributed by atoms with van der Waals surface area (Å²) in [6.07, 6.45) is 0.906. The molecular weight excluding hydrogens is 270 g/mol. The zero-order valence-corrected chi connectivity index (χ0v) is 12.6. The van der Waals surface area contributed by atoms with E-state index in [1.807, 2.05) is 24.3 Å². The molecule has 1 fully saturated rings. The largest absolute Gasteiger partial charge is 0.497 e. The second-order valence-corrected chi connectivity index (χ2v) is 5.55. The van der Waals surface area contributed by atoms with Gasteiger partial charge in [-0.15, -0.1) is 0 Å². The number of hydrogen-bond donors (Lipinski definition) is 2. The van der Waals surface area contributed by atoms with Crippen molar-refractivity contribution in [3.8, 4) is 5.75 Å². The summed E-state index contributed by atoms with van der Waals surface area (Å²) in [6, 6.07) is 7.72. The molecule has 0 radical (unpaired) electrons. The summed E-state index contributed by atoms with van der Waals surface area (Å²) < 4.78 is 10.7. The van der Waals surface area contributed by atoms with Gasteiger partial charge in [0.1, 0.15) is 5.75 Å². The van der Waals surface area contributed by atoms with Gasteiger partial charge in [-0.25, -0.2) is 0 Å². The minimum Gasteiger partial charge on any atom is -0.497 e. The summed E-state index contributed by atoms with van der Waals surface area (Å²) in [5, 5.41) is 19.4. The van der Waals surface area contributed by atoms with Gasteiger partial charge in [0.2, 0.25) is 0 Å². The molecule has 0 aliphatic carbocycles. The van der Waals surface area contributed by atoms with Crippen molar-refractivity contribution in [1.29, 1.82) is 0 Å². The molecule has 118 valence electrons. The first-order valence-corrected chi connectivity index (χ1v) is 7.46. The van der Waals surface area contributed by atoms with Gasteiger partial charge in [0.25, 0.3) is 0 Å². The molecule has 5 nitrogen and oxygen atoms in total. The molecule has 2 N–H and O–H groups in total. The van der Waals surface area contributed by atoms with Crippen LogP contribution in [0.2, 0.25) is 0 Å². The number of ether oxygens (including phenoxy) is 2. The Kier molecular flexibility index (Phi) is 6.45. The van der Waals surface area contributed by atoms with E-state index in [-0.39, 0.29) is 6.10 Å². The number of hydrogen-bond acceptors (Lipinski definition) is 5. The zero-order chi connectivity index (χ0) is 15.1. The van der Waals surface area contributed by atoms with E-state index in [4.69, 9.17) is 9.47 Å². The number of β-amino-alcohol motifs (C(OH)–C–C–N with tert-alkyl or cyclic N) is 1.